The number of hydrogen-bond acceptors (Lipinski definition) is 1. The van der Waals surface area contributed by atoms with Crippen LogP contribution in [0.15, 0.2) is 12.3 Å². The van der Waals surface area contributed by atoms with Crippen molar-refractivity contribution < 1.29 is 5.11 Å². The molecule has 0 spiro atoms. The summed E-state index contributed by atoms with van der Waals surface area (Å²) in [5.74, 6) is 3.15. The Labute approximate surface area is 134 Å². The van der Waals surface area contributed by atoms with Gasteiger partial charge >= 0.3 is 0 Å². The third-order valence-electron chi connectivity index (χ3n) is 4.64. The van der Waals surface area contributed by atoms with Gasteiger partial charge in [-0.15, -0.1) is 0 Å². The molecule has 1 nitrogen and oxygen atoms in total. The Balaban J connectivity index is 3.49. The van der Waals surface area contributed by atoms with Gasteiger partial charge in [-0.2, -0.15) is 0 Å². The zero-order valence-electron chi connectivity index (χ0n) is 15.3. The summed E-state index contributed by atoms with van der Waals surface area (Å²) < 4.78 is 0. The standard InChI is InChI=1S/C20H40O/c1-17(2)9-6-10-18(3)11-7-12-19(4)13-8-14-20(5)15-16-21/h15-21H,6-14H2,1-5H3/b16-15+. The SMILES string of the molecule is CC(C)CCCC(C)CCCC(C)CCCC(C)/C=C/O. The molecule has 0 saturated carbocycles. The Kier molecular flexibility index (Phi) is 12.9. The van der Waals surface area contributed by atoms with Gasteiger partial charge in [0.1, 0.15) is 0 Å². The van der Waals surface area contributed by atoms with Crippen LogP contribution in [0.3, 0.4) is 0 Å². The van der Waals surface area contributed by atoms with Gasteiger partial charge in [0.05, 0.1) is 6.26 Å². The van der Waals surface area contributed by atoms with Crippen LogP contribution in [0, 0.1) is 23.7 Å². The first-order valence-corrected chi connectivity index (χ1v) is 9.26. The molecule has 0 aliphatic heterocycles. The van der Waals surface area contributed by atoms with Gasteiger partial charge in [0.25, 0.3) is 0 Å². The summed E-state index contributed by atoms with van der Waals surface area (Å²) in [6.45, 7) is 11.6. The average Bonchev–Trinajstić information content (AvgIpc) is 2.38. The van der Waals surface area contributed by atoms with Gasteiger partial charge < -0.3 is 5.11 Å². The van der Waals surface area contributed by atoms with Gasteiger partial charge in [-0.25, -0.2) is 0 Å². The van der Waals surface area contributed by atoms with Crippen molar-refractivity contribution in [2.24, 2.45) is 23.7 Å². The number of aliphatic hydroxyl groups is 1. The molecule has 1 N–H and O–H groups in total. The molecule has 0 radical (unpaired) electrons. The Bertz CT molecular complexity index is 244. The molecule has 3 atom stereocenters. The average molecular weight is 297 g/mol. The van der Waals surface area contributed by atoms with Crippen molar-refractivity contribution in [3.63, 3.8) is 0 Å². The quantitative estimate of drug-likeness (QED) is 0.358. The maximum Gasteiger partial charge on any atom is 0.0754 e. The van der Waals surface area contributed by atoms with Gasteiger partial charge in [-0.1, -0.05) is 86.0 Å². The van der Waals surface area contributed by atoms with Crippen molar-refractivity contribution in [2.75, 3.05) is 0 Å². The van der Waals surface area contributed by atoms with E-state index in [0.29, 0.717) is 5.92 Å². The van der Waals surface area contributed by atoms with E-state index in [4.69, 9.17) is 5.11 Å². The van der Waals surface area contributed by atoms with Crippen LogP contribution in [-0.2, 0) is 0 Å². The van der Waals surface area contributed by atoms with E-state index in [0.717, 1.165) is 17.8 Å². The second-order valence-electron chi connectivity index (χ2n) is 7.72. The molecule has 3 unspecified atom stereocenters. The van der Waals surface area contributed by atoms with Crippen LogP contribution < -0.4 is 0 Å². The number of allylic oxidation sites excluding steroid dienone is 1. The van der Waals surface area contributed by atoms with E-state index < -0.39 is 0 Å². The topological polar surface area (TPSA) is 20.2 Å². The Morgan fingerprint density at radius 2 is 1.10 bits per heavy atom. The summed E-state index contributed by atoms with van der Waals surface area (Å²) in [6, 6.07) is 0. The molecule has 0 heterocycles. The van der Waals surface area contributed by atoms with Crippen LogP contribution >= 0.6 is 0 Å². The fourth-order valence-corrected chi connectivity index (χ4v) is 3.01. The lowest BCUT2D eigenvalue weighted by Gasteiger charge is -2.15. The largest absolute Gasteiger partial charge is 0.516 e. The van der Waals surface area contributed by atoms with E-state index >= 15 is 0 Å². The maximum atomic E-state index is 8.72. The molecule has 0 aliphatic rings. The van der Waals surface area contributed by atoms with Gasteiger partial charge in [0.2, 0.25) is 0 Å². The molecule has 0 aromatic carbocycles. The van der Waals surface area contributed by atoms with E-state index in [9.17, 15) is 0 Å². The molecule has 0 amide bonds. The molecule has 0 aliphatic carbocycles. The highest BCUT2D eigenvalue weighted by molar-refractivity contribution is 4.78. The summed E-state index contributed by atoms with van der Waals surface area (Å²) in [5.41, 5.74) is 0. The van der Waals surface area contributed by atoms with E-state index in [1.54, 1.807) is 0 Å². The first-order chi connectivity index (χ1) is 9.95. The third-order valence-corrected chi connectivity index (χ3v) is 4.64. The van der Waals surface area contributed by atoms with Crippen molar-refractivity contribution in [1.82, 2.24) is 0 Å². The molecule has 0 fully saturated rings. The summed E-state index contributed by atoms with van der Waals surface area (Å²) in [6.07, 6.45) is 15.3. The summed E-state index contributed by atoms with van der Waals surface area (Å²) >= 11 is 0. The molecule has 1 heteroatoms. The van der Waals surface area contributed by atoms with Crippen LogP contribution in [0.4, 0.5) is 0 Å². The second kappa shape index (κ2) is 13.2. The van der Waals surface area contributed by atoms with Crippen molar-refractivity contribution in [1.29, 1.82) is 0 Å². The van der Waals surface area contributed by atoms with E-state index in [-0.39, 0.29) is 0 Å². The minimum absolute atomic E-state index is 0.517. The lowest BCUT2D eigenvalue weighted by molar-refractivity contribution is 0.382. The lowest BCUT2D eigenvalue weighted by atomic mass is 9.91. The molecule has 21 heavy (non-hydrogen) atoms. The minimum atomic E-state index is 0.517. The predicted molar refractivity (Wildman–Crippen MR) is 95.7 cm³/mol. The minimum Gasteiger partial charge on any atom is -0.516 e. The summed E-state index contributed by atoms with van der Waals surface area (Å²) in [5, 5.41) is 8.72. The highest BCUT2D eigenvalue weighted by atomic mass is 16.2. The number of aliphatic hydroxyl groups excluding tert-OH is 1. The fraction of sp³-hybridized carbons (Fsp3) is 0.900. The van der Waals surface area contributed by atoms with E-state index in [2.05, 4.69) is 34.6 Å². The second-order valence-corrected chi connectivity index (χ2v) is 7.72. The van der Waals surface area contributed by atoms with Crippen LogP contribution in [0.25, 0.3) is 0 Å². The van der Waals surface area contributed by atoms with Crippen LogP contribution in [0.5, 0.6) is 0 Å². The fourth-order valence-electron chi connectivity index (χ4n) is 3.01. The van der Waals surface area contributed by atoms with Crippen LogP contribution in [-0.4, -0.2) is 5.11 Å². The predicted octanol–water partition coefficient (Wildman–Crippen LogP) is 7.13. The van der Waals surface area contributed by atoms with Gasteiger partial charge in [0.15, 0.2) is 0 Å². The Morgan fingerprint density at radius 3 is 1.52 bits per heavy atom. The van der Waals surface area contributed by atoms with Gasteiger partial charge in [0, 0.05) is 0 Å². The first-order valence-electron chi connectivity index (χ1n) is 9.26. The monoisotopic (exact) mass is 296 g/mol. The molecule has 0 saturated heterocycles. The van der Waals surface area contributed by atoms with Crippen molar-refractivity contribution in [2.45, 2.75) is 92.4 Å². The highest BCUT2D eigenvalue weighted by Gasteiger charge is 2.07. The molecular weight excluding hydrogens is 256 g/mol. The number of hydrogen-bond donors (Lipinski definition) is 1. The Morgan fingerprint density at radius 1 is 0.667 bits per heavy atom. The van der Waals surface area contributed by atoms with Gasteiger partial charge in [-0.3, -0.25) is 0 Å². The molecule has 0 aromatic rings. The third kappa shape index (κ3) is 14.2. The maximum absolute atomic E-state index is 8.72. The van der Waals surface area contributed by atoms with Crippen LogP contribution in [0.2, 0.25) is 0 Å². The summed E-state index contributed by atoms with van der Waals surface area (Å²) in [4.78, 5) is 0. The van der Waals surface area contributed by atoms with Crippen LogP contribution in [0.1, 0.15) is 92.4 Å². The molecule has 126 valence electrons. The normalized spacial score (nSPS) is 16.5. The van der Waals surface area contributed by atoms with Crippen molar-refractivity contribution in [3.05, 3.63) is 12.3 Å². The smallest absolute Gasteiger partial charge is 0.0754 e. The first kappa shape index (κ1) is 20.5. The molecule has 0 rings (SSSR count). The van der Waals surface area contributed by atoms with Gasteiger partial charge in [-0.05, 0) is 36.2 Å². The Hall–Kier alpha value is -0.460. The van der Waals surface area contributed by atoms with E-state index in [1.165, 1.54) is 64.0 Å². The molecule has 0 aromatic heterocycles. The molecular formula is C20H40O. The van der Waals surface area contributed by atoms with Crippen molar-refractivity contribution in [3.8, 4) is 0 Å². The highest BCUT2D eigenvalue weighted by Crippen LogP contribution is 2.22. The molecule has 0 bridgehead atoms. The summed E-state index contributed by atoms with van der Waals surface area (Å²) in [7, 11) is 0. The van der Waals surface area contributed by atoms with E-state index in [1.807, 2.05) is 6.08 Å². The number of rotatable bonds is 13. The zero-order chi connectivity index (χ0) is 16.1. The van der Waals surface area contributed by atoms with Crippen molar-refractivity contribution >= 4 is 0 Å². The lowest BCUT2D eigenvalue weighted by Crippen LogP contribution is -2.01. The zero-order valence-corrected chi connectivity index (χ0v) is 15.3.